The Hall–Kier alpha value is -2.11. The lowest BCUT2D eigenvalue weighted by atomic mass is 9.97. The van der Waals surface area contributed by atoms with Crippen molar-refractivity contribution in [3.63, 3.8) is 0 Å². The maximum Gasteiger partial charge on any atom is 0.220 e. The number of hydrogen-bond donors (Lipinski definition) is 1. The van der Waals surface area contributed by atoms with Crippen molar-refractivity contribution in [1.82, 2.24) is 14.7 Å². The summed E-state index contributed by atoms with van der Waals surface area (Å²) >= 11 is 7.58. The number of carbonyl (C=O) groups excluding carboxylic acids is 1. The highest BCUT2D eigenvalue weighted by Gasteiger charge is 2.11. The van der Waals surface area contributed by atoms with Gasteiger partial charge in [-0.25, -0.2) is 4.98 Å². The Morgan fingerprint density at radius 1 is 1.21 bits per heavy atom. The van der Waals surface area contributed by atoms with Crippen molar-refractivity contribution >= 4 is 33.8 Å². The molecule has 1 amide bonds. The van der Waals surface area contributed by atoms with E-state index in [2.05, 4.69) is 21.2 Å². The summed E-state index contributed by atoms with van der Waals surface area (Å²) in [6.07, 6.45) is 11.6. The molecular weight excluding hydrogens is 390 g/mol. The molecule has 4 rings (SSSR count). The molecule has 0 unspecified atom stereocenters. The molecule has 1 aromatic carbocycles. The first-order chi connectivity index (χ1) is 13.7. The maximum atomic E-state index is 12.2. The maximum absolute atomic E-state index is 12.2. The predicted octanol–water partition coefficient (Wildman–Crippen LogP) is 5.66. The topological polar surface area (TPSA) is 46.4 Å². The number of benzene rings is 1. The molecule has 1 aliphatic rings. The van der Waals surface area contributed by atoms with Gasteiger partial charge >= 0.3 is 0 Å². The number of fused-ring (bicyclic) bond motifs is 1. The summed E-state index contributed by atoms with van der Waals surface area (Å²) in [6.45, 7) is 0.746. The van der Waals surface area contributed by atoms with E-state index in [0.29, 0.717) is 12.8 Å². The van der Waals surface area contributed by atoms with Crippen LogP contribution in [0.5, 0.6) is 0 Å². The monoisotopic (exact) mass is 413 g/mol. The highest BCUT2D eigenvalue weighted by atomic mass is 35.5. The van der Waals surface area contributed by atoms with Gasteiger partial charge < -0.3 is 5.32 Å². The first kappa shape index (κ1) is 19.2. The Morgan fingerprint density at radius 2 is 2.07 bits per heavy atom. The summed E-state index contributed by atoms with van der Waals surface area (Å²) in [6, 6.07) is 7.70. The van der Waals surface area contributed by atoms with Crippen LogP contribution in [0.2, 0.25) is 5.02 Å². The first-order valence-corrected chi connectivity index (χ1v) is 11.1. The third kappa shape index (κ3) is 4.65. The van der Waals surface area contributed by atoms with Crippen molar-refractivity contribution in [3.8, 4) is 11.3 Å². The van der Waals surface area contributed by atoms with Crippen LogP contribution in [-0.4, -0.2) is 21.8 Å². The van der Waals surface area contributed by atoms with Crippen molar-refractivity contribution in [2.75, 3.05) is 6.54 Å². The number of aromatic nitrogens is 2. The Morgan fingerprint density at radius 3 is 2.86 bits per heavy atom. The van der Waals surface area contributed by atoms with Crippen LogP contribution in [0.1, 0.15) is 44.2 Å². The largest absolute Gasteiger partial charge is 0.356 e. The summed E-state index contributed by atoms with van der Waals surface area (Å²) in [5, 5.41) is 5.87. The van der Waals surface area contributed by atoms with E-state index < -0.39 is 0 Å². The summed E-state index contributed by atoms with van der Waals surface area (Å²) in [7, 11) is 0. The summed E-state index contributed by atoms with van der Waals surface area (Å²) in [4.78, 5) is 17.9. The van der Waals surface area contributed by atoms with E-state index in [0.717, 1.165) is 39.9 Å². The van der Waals surface area contributed by atoms with E-state index in [-0.39, 0.29) is 5.91 Å². The molecule has 0 fully saturated rings. The lowest BCUT2D eigenvalue weighted by Crippen LogP contribution is -2.25. The predicted molar refractivity (Wildman–Crippen MR) is 116 cm³/mol. The molecule has 2 heterocycles. The van der Waals surface area contributed by atoms with Crippen LogP contribution >= 0.6 is 22.9 Å². The lowest BCUT2D eigenvalue weighted by molar-refractivity contribution is -0.121. The van der Waals surface area contributed by atoms with Crippen LogP contribution < -0.4 is 5.32 Å². The van der Waals surface area contributed by atoms with Gasteiger partial charge in [0.15, 0.2) is 4.96 Å². The molecule has 4 nitrogen and oxygen atoms in total. The molecule has 0 radical (unpaired) electrons. The van der Waals surface area contributed by atoms with E-state index in [1.807, 2.05) is 30.5 Å². The van der Waals surface area contributed by atoms with E-state index in [4.69, 9.17) is 16.6 Å². The fraction of sp³-hybridized carbons (Fsp3) is 0.364. The van der Waals surface area contributed by atoms with Gasteiger partial charge in [0.05, 0.1) is 5.69 Å². The average molecular weight is 414 g/mol. The van der Waals surface area contributed by atoms with Crippen LogP contribution in [-0.2, 0) is 11.2 Å². The Bertz CT molecular complexity index is 987. The number of amides is 1. The molecular formula is C22H24ClN3OS. The fourth-order valence-electron chi connectivity index (χ4n) is 3.59. The van der Waals surface area contributed by atoms with Crippen LogP contribution in [0.15, 0.2) is 47.5 Å². The molecule has 0 saturated carbocycles. The highest BCUT2D eigenvalue weighted by Crippen LogP contribution is 2.25. The standard InChI is InChI=1S/C22H24ClN3OS/c23-18-8-6-17(7-9-18)20-14-26-19(15-28-22(26)25-20)10-11-21(27)24-13-12-16-4-2-1-3-5-16/h4,6-9,14-15H,1-3,5,10-13H2,(H,24,27). The second-order valence-corrected chi connectivity index (χ2v) is 8.49. The average Bonchev–Trinajstić information content (AvgIpc) is 3.29. The number of carbonyl (C=O) groups is 1. The van der Waals surface area contributed by atoms with Gasteiger partial charge in [-0.3, -0.25) is 9.20 Å². The molecule has 0 bridgehead atoms. The number of rotatable bonds is 7. The van der Waals surface area contributed by atoms with Gasteiger partial charge in [0, 0.05) is 40.8 Å². The Kier molecular flexibility index (Phi) is 6.13. The smallest absolute Gasteiger partial charge is 0.220 e. The number of hydrogen-bond acceptors (Lipinski definition) is 3. The fourth-order valence-corrected chi connectivity index (χ4v) is 4.63. The molecule has 28 heavy (non-hydrogen) atoms. The highest BCUT2D eigenvalue weighted by molar-refractivity contribution is 7.15. The van der Waals surface area contributed by atoms with Gasteiger partial charge in [0.2, 0.25) is 5.91 Å². The number of allylic oxidation sites excluding steroid dienone is 1. The zero-order chi connectivity index (χ0) is 19.3. The van der Waals surface area contributed by atoms with Gasteiger partial charge in [-0.2, -0.15) is 0 Å². The number of imidazole rings is 1. The number of halogens is 1. The quantitative estimate of drug-likeness (QED) is 0.508. The number of nitrogens with one attached hydrogen (secondary N) is 1. The summed E-state index contributed by atoms with van der Waals surface area (Å²) in [5.41, 5.74) is 4.59. The van der Waals surface area contributed by atoms with Gasteiger partial charge in [0.25, 0.3) is 0 Å². The molecule has 6 heteroatoms. The van der Waals surface area contributed by atoms with Crippen LogP contribution in [0.3, 0.4) is 0 Å². The molecule has 0 spiro atoms. The normalized spacial score (nSPS) is 14.2. The molecule has 1 aliphatic carbocycles. The second kappa shape index (κ2) is 8.93. The minimum Gasteiger partial charge on any atom is -0.356 e. The van der Waals surface area contributed by atoms with Crippen molar-refractivity contribution in [2.24, 2.45) is 0 Å². The van der Waals surface area contributed by atoms with E-state index >= 15 is 0 Å². The summed E-state index contributed by atoms with van der Waals surface area (Å²) in [5.74, 6) is 0.119. The Labute approximate surface area is 174 Å². The minimum atomic E-state index is 0.119. The van der Waals surface area contributed by atoms with Crippen molar-refractivity contribution in [3.05, 3.63) is 58.2 Å². The number of thiazole rings is 1. The molecule has 2 aromatic heterocycles. The first-order valence-electron chi connectivity index (χ1n) is 9.85. The van der Waals surface area contributed by atoms with Crippen LogP contribution in [0, 0.1) is 0 Å². The number of aryl methyl sites for hydroxylation is 1. The van der Waals surface area contributed by atoms with Crippen LogP contribution in [0.4, 0.5) is 0 Å². The van der Waals surface area contributed by atoms with E-state index in [1.165, 1.54) is 31.3 Å². The zero-order valence-corrected chi connectivity index (χ0v) is 17.4. The molecule has 0 saturated heterocycles. The molecule has 3 aromatic rings. The SMILES string of the molecule is O=C(CCc1csc2nc(-c3ccc(Cl)cc3)cn12)NCCC1=CCCCC1. The lowest BCUT2D eigenvalue weighted by Gasteiger charge is -2.12. The van der Waals surface area contributed by atoms with Gasteiger partial charge in [-0.05, 0) is 50.7 Å². The van der Waals surface area contributed by atoms with Crippen molar-refractivity contribution in [2.45, 2.75) is 44.9 Å². The van der Waals surface area contributed by atoms with Crippen molar-refractivity contribution < 1.29 is 4.79 Å². The van der Waals surface area contributed by atoms with E-state index in [9.17, 15) is 4.79 Å². The summed E-state index contributed by atoms with van der Waals surface area (Å²) < 4.78 is 2.09. The van der Waals surface area contributed by atoms with Crippen molar-refractivity contribution in [1.29, 1.82) is 0 Å². The third-order valence-electron chi connectivity index (χ3n) is 5.18. The molecule has 0 aliphatic heterocycles. The molecule has 146 valence electrons. The van der Waals surface area contributed by atoms with Gasteiger partial charge in [0.1, 0.15) is 0 Å². The number of nitrogens with zero attached hydrogens (tertiary/aromatic N) is 2. The zero-order valence-electron chi connectivity index (χ0n) is 15.8. The van der Waals surface area contributed by atoms with E-state index in [1.54, 1.807) is 11.3 Å². The minimum absolute atomic E-state index is 0.119. The Balaban J connectivity index is 1.32. The third-order valence-corrected chi connectivity index (χ3v) is 6.33. The molecule has 1 N–H and O–H groups in total. The van der Waals surface area contributed by atoms with Gasteiger partial charge in [-0.1, -0.05) is 35.4 Å². The van der Waals surface area contributed by atoms with Gasteiger partial charge in [-0.15, -0.1) is 11.3 Å². The van der Waals surface area contributed by atoms with Crippen LogP contribution in [0.25, 0.3) is 16.2 Å². The second-order valence-electron chi connectivity index (χ2n) is 7.22. The molecule has 0 atom stereocenters.